The number of aliphatic hydroxyl groups excluding tert-OH is 2. The summed E-state index contributed by atoms with van der Waals surface area (Å²) in [4.78, 5) is 16.9. The van der Waals surface area contributed by atoms with Gasteiger partial charge in [-0.25, -0.2) is 0 Å². The third-order valence-electron chi connectivity index (χ3n) is 15.8. The van der Waals surface area contributed by atoms with E-state index in [0.717, 1.165) is 73.9 Å². The maximum atomic E-state index is 13.2. The molecule has 10 unspecified atom stereocenters. The van der Waals surface area contributed by atoms with Gasteiger partial charge in [0.2, 0.25) is 0 Å². The summed E-state index contributed by atoms with van der Waals surface area (Å²) in [6.07, 6.45) is 21.0. The van der Waals surface area contributed by atoms with Crippen molar-refractivity contribution in [3.63, 3.8) is 0 Å². The number of aliphatic hydroxyl groups is 3. The van der Waals surface area contributed by atoms with Gasteiger partial charge in [0.15, 0.2) is 0 Å². The molecule has 2 aromatic carbocycles. The molecule has 0 spiro atoms. The molecular weight excluding hydrogens is 827 g/mol. The number of nitrogens with one attached hydrogen (secondary N) is 2. The second kappa shape index (κ2) is 22.5. The van der Waals surface area contributed by atoms with Crippen molar-refractivity contribution in [1.29, 1.82) is 0 Å². The summed E-state index contributed by atoms with van der Waals surface area (Å²) in [5.74, 6) is -0.783. The number of fused-ring (bicyclic) bond motifs is 1. The molecule has 0 radical (unpaired) electrons. The van der Waals surface area contributed by atoms with Gasteiger partial charge >= 0.3 is 5.97 Å². The number of benzene rings is 2. The SMILES string of the molecule is CCCCCC1C=CC(CCCCC2CCC(c3ccc(-c4cc(O)cc(O)c4Cc4ccccc4CC(C)C)[nH]3)C3CC(CC4=CCNC(N)=C4)CC3(O)CCC(O)C2C(=O)O)C(O)C1. The highest BCUT2D eigenvalue weighted by Gasteiger charge is 2.51. The number of aromatic nitrogens is 1. The Kier molecular flexibility index (Phi) is 16.9. The Balaban J connectivity index is 1.17. The van der Waals surface area contributed by atoms with Crippen LogP contribution in [-0.4, -0.2) is 65.9 Å². The van der Waals surface area contributed by atoms with E-state index in [9.17, 15) is 35.4 Å². The Bertz CT molecular complexity index is 2170. The summed E-state index contributed by atoms with van der Waals surface area (Å²) in [6, 6.07) is 15.5. The van der Waals surface area contributed by atoms with E-state index in [-0.39, 0.29) is 53.6 Å². The van der Waals surface area contributed by atoms with Gasteiger partial charge in [-0.2, -0.15) is 0 Å². The van der Waals surface area contributed by atoms with Crippen molar-refractivity contribution >= 4 is 5.97 Å². The first-order chi connectivity index (χ1) is 31.7. The molecule has 0 saturated heterocycles. The maximum absolute atomic E-state index is 13.2. The summed E-state index contributed by atoms with van der Waals surface area (Å²) in [7, 11) is 0. The molecule has 10 atom stereocenters. The number of dihydropyridines is 1. The summed E-state index contributed by atoms with van der Waals surface area (Å²) in [5, 5.41) is 71.9. The van der Waals surface area contributed by atoms with Crippen LogP contribution >= 0.6 is 0 Å². The van der Waals surface area contributed by atoms with Crippen molar-refractivity contribution in [2.24, 2.45) is 47.2 Å². The van der Waals surface area contributed by atoms with Gasteiger partial charge in [0.1, 0.15) is 11.5 Å². The molecule has 0 bridgehead atoms. The average molecular weight is 906 g/mol. The van der Waals surface area contributed by atoms with Crippen LogP contribution in [0.15, 0.2) is 84.2 Å². The number of allylic oxidation sites excluding steroid dienone is 3. The number of carbonyl (C=O) groups is 1. The van der Waals surface area contributed by atoms with Gasteiger partial charge < -0.3 is 46.7 Å². The number of aliphatic carboxylic acids is 1. The van der Waals surface area contributed by atoms with Gasteiger partial charge in [-0.15, -0.1) is 0 Å². The molecule has 1 aromatic heterocycles. The van der Waals surface area contributed by atoms with E-state index in [1.165, 1.54) is 30.9 Å². The van der Waals surface area contributed by atoms with Crippen molar-refractivity contribution in [2.75, 3.05) is 6.54 Å². The lowest BCUT2D eigenvalue weighted by molar-refractivity contribution is -0.150. The van der Waals surface area contributed by atoms with E-state index >= 15 is 0 Å². The van der Waals surface area contributed by atoms with Crippen molar-refractivity contribution in [1.82, 2.24) is 10.3 Å². The zero-order chi connectivity index (χ0) is 47.0. The zero-order valence-electron chi connectivity index (χ0n) is 39.8. The summed E-state index contributed by atoms with van der Waals surface area (Å²) in [5.41, 5.74) is 11.6. The van der Waals surface area contributed by atoms with Crippen LogP contribution in [0.2, 0.25) is 0 Å². The molecule has 360 valence electrons. The van der Waals surface area contributed by atoms with E-state index < -0.39 is 23.6 Å². The molecule has 0 amide bonds. The van der Waals surface area contributed by atoms with E-state index in [4.69, 9.17) is 5.73 Å². The molecule has 4 aliphatic rings. The number of carboxylic acids is 1. The van der Waals surface area contributed by atoms with Crippen LogP contribution in [0, 0.1) is 41.4 Å². The lowest BCUT2D eigenvalue weighted by Crippen LogP contribution is -2.42. The van der Waals surface area contributed by atoms with Crippen LogP contribution < -0.4 is 11.1 Å². The van der Waals surface area contributed by atoms with Crippen LogP contribution in [0.4, 0.5) is 0 Å². The molecule has 3 aromatic rings. The number of H-pyrrole nitrogens is 1. The monoisotopic (exact) mass is 906 g/mol. The maximum Gasteiger partial charge on any atom is 0.309 e. The quantitative estimate of drug-likeness (QED) is 0.0441. The molecule has 2 heterocycles. The fourth-order valence-corrected chi connectivity index (χ4v) is 12.5. The molecule has 1 aliphatic heterocycles. The molecular formula is C56H79N3O7. The molecule has 2 fully saturated rings. The minimum absolute atomic E-state index is 0.0239. The van der Waals surface area contributed by atoms with E-state index in [2.05, 4.69) is 67.5 Å². The first-order valence-electron chi connectivity index (χ1n) is 25.4. The Morgan fingerprint density at radius 3 is 2.42 bits per heavy atom. The number of aromatic hydroxyl groups is 2. The summed E-state index contributed by atoms with van der Waals surface area (Å²) in [6.45, 7) is 7.26. The van der Waals surface area contributed by atoms with E-state index in [1.54, 1.807) is 6.07 Å². The van der Waals surface area contributed by atoms with Gasteiger partial charge in [-0.1, -0.05) is 95.4 Å². The third kappa shape index (κ3) is 12.3. The molecule has 66 heavy (non-hydrogen) atoms. The van der Waals surface area contributed by atoms with Gasteiger partial charge in [0.25, 0.3) is 0 Å². The summed E-state index contributed by atoms with van der Waals surface area (Å²) >= 11 is 0. The second-order valence-electron chi connectivity index (χ2n) is 21.1. The minimum atomic E-state index is -1.14. The van der Waals surface area contributed by atoms with Crippen molar-refractivity contribution in [3.8, 4) is 22.8 Å². The minimum Gasteiger partial charge on any atom is -0.508 e. The van der Waals surface area contributed by atoms with Gasteiger partial charge in [-0.05, 0) is 148 Å². The number of hydrogen-bond donors (Lipinski definition) is 9. The smallest absolute Gasteiger partial charge is 0.309 e. The molecule has 10 N–H and O–H groups in total. The average Bonchev–Trinajstić information content (AvgIpc) is 3.88. The lowest BCUT2D eigenvalue weighted by atomic mass is 9.69. The number of unbranched alkanes of at least 4 members (excludes halogenated alkanes) is 3. The fourth-order valence-electron chi connectivity index (χ4n) is 12.5. The Morgan fingerprint density at radius 2 is 1.68 bits per heavy atom. The number of phenolic OH excluding ortho intramolecular Hbond substituents is 2. The topological polar surface area (TPSA) is 192 Å². The number of nitrogens with two attached hydrogens (primary N) is 1. The number of hydrogen-bond acceptors (Lipinski definition) is 8. The highest BCUT2D eigenvalue weighted by Crippen LogP contribution is 2.54. The van der Waals surface area contributed by atoms with Crippen molar-refractivity contribution in [3.05, 3.63) is 107 Å². The number of phenols is 2. The van der Waals surface area contributed by atoms with Crippen LogP contribution in [-0.2, 0) is 17.6 Å². The highest BCUT2D eigenvalue weighted by atomic mass is 16.4. The molecule has 10 nitrogen and oxygen atoms in total. The van der Waals surface area contributed by atoms with Gasteiger partial charge in [-0.3, -0.25) is 4.79 Å². The molecule has 10 heteroatoms. The normalized spacial score (nSPS) is 29.2. The van der Waals surface area contributed by atoms with Crippen LogP contribution in [0.5, 0.6) is 11.5 Å². The predicted molar refractivity (Wildman–Crippen MR) is 263 cm³/mol. The van der Waals surface area contributed by atoms with Crippen LogP contribution in [0.1, 0.15) is 152 Å². The third-order valence-corrected chi connectivity index (χ3v) is 15.8. The Morgan fingerprint density at radius 1 is 0.909 bits per heavy atom. The fraction of sp³-hybridized carbons (Fsp3) is 0.589. The second-order valence-corrected chi connectivity index (χ2v) is 21.1. The standard InChI is InChI=1S/C56H79N3O7/c1-4-5-6-11-36-16-17-39(51(62)29-36)12-7-8-13-40-18-19-44(47-28-38(27-37-23-25-58-53(57)30-37)34-56(47,66)24-22-50(61)54(40)55(64)65)48-20-21-49(59-48)45-32-43(60)33-52(63)46(45)31-42-15-10-9-14-41(42)26-35(2)3/h9-10,14-17,20-21,23,30,32-33,35-36,38-40,44,47,50-51,54,58-63,66H,4-8,11-13,18-19,22,24-29,31,34,57H2,1-3H3,(H,64,65). The van der Waals surface area contributed by atoms with Crippen LogP contribution in [0.25, 0.3) is 11.3 Å². The first kappa shape index (κ1) is 49.4. The Hall–Kier alpha value is -4.51. The van der Waals surface area contributed by atoms with E-state index in [1.807, 2.05) is 24.3 Å². The Labute approximate surface area is 393 Å². The molecule has 3 aliphatic carbocycles. The predicted octanol–water partition coefficient (Wildman–Crippen LogP) is 10.4. The first-order valence-corrected chi connectivity index (χ1v) is 25.4. The zero-order valence-corrected chi connectivity index (χ0v) is 39.8. The number of carboxylic acid groups (broad SMARTS) is 1. The van der Waals surface area contributed by atoms with Gasteiger partial charge in [0.05, 0.1) is 29.5 Å². The van der Waals surface area contributed by atoms with Crippen molar-refractivity contribution in [2.45, 2.75) is 160 Å². The van der Waals surface area contributed by atoms with E-state index in [0.29, 0.717) is 73.9 Å². The van der Waals surface area contributed by atoms with Crippen LogP contribution in [0.3, 0.4) is 0 Å². The van der Waals surface area contributed by atoms with Gasteiger partial charge in [0, 0.05) is 53.4 Å². The summed E-state index contributed by atoms with van der Waals surface area (Å²) < 4.78 is 0. The number of rotatable bonds is 18. The highest BCUT2D eigenvalue weighted by molar-refractivity contribution is 5.71. The molecule has 2 saturated carbocycles. The number of aromatic amines is 1. The van der Waals surface area contributed by atoms with Crippen molar-refractivity contribution < 1.29 is 35.4 Å². The molecule has 7 rings (SSSR count). The lowest BCUT2D eigenvalue weighted by Gasteiger charge is -2.39. The largest absolute Gasteiger partial charge is 0.508 e.